The number of amides is 1. The number of nitrogens with zero attached hydrogens (tertiary/aromatic N) is 1. The molecule has 0 unspecified atom stereocenters. The number of H-pyrrole nitrogens is 1. The topological polar surface area (TPSA) is 93.3 Å². The zero-order chi connectivity index (χ0) is 12.5. The molecule has 1 rings (SSSR count). The highest BCUT2D eigenvalue weighted by Gasteiger charge is 2.03. The molecular formula is C10H15N3O4. The van der Waals surface area contributed by atoms with E-state index in [-0.39, 0.29) is 12.4 Å². The molecule has 1 amide bonds. The molecule has 94 valence electrons. The lowest BCUT2D eigenvalue weighted by Crippen LogP contribution is -2.19. The van der Waals surface area contributed by atoms with Crippen molar-refractivity contribution >= 4 is 11.9 Å². The second-order valence-electron chi connectivity index (χ2n) is 3.10. The summed E-state index contributed by atoms with van der Waals surface area (Å²) in [5.74, 6) is 0.250. The molecule has 17 heavy (non-hydrogen) atoms. The molecule has 1 heterocycles. The Labute approximate surface area is 98.2 Å². The standard InChI is InChI=1S/C10H15N3O4/c1-2-16-6-3-7-17-10(15)13-8-4-5-11-9(14)12-8/h4-5H,2-3,6-7H2,1H3,(H2,11,12,13,14,15). The first-order valence-corrected chi connectivity index (χ1v) is 5.29. The first-order chi connectivity index (χ1) is 8.22. The molecule has 0 fully saturated rings. The third kappa shape index (κ3) is 5.67. The number of rotatable bonds is 6. The molecule has 0 aliphatic heterocycles. The van der Waals surface area contributed by atoms with Gasteiger partial charge in [-0.2, -0.15) is 0 Å². The Balaban J connectivity index is 2.23. The second-order valence-corrected chi connectivity index (χ2v) is 3.10. The van der Waals surface area contributed by atoms with Crippen LogP contribution in [0.1, 0.15) is 13.3 Å². The van der Waals surface area contributed by atoms with Gasteiger partial charge in [0.2, 0.25) is 0 Å². The number of carbonyl (C=O) groups is 1. The SMILES string of the molecule is CCOCCCOC(=O)Nc1ccnc(=O)[nH]1. The molecule has 0 spiro atoms. The van der Waals surface area contributed by atoms with E-state index in [4.69, 9.17) is 9.47 Å². The number of aromatic amines is 1. The summed E-state index contributed by atoms with van der Waals surface area (Å²) in [7, 11) is 0. The molecule has 1 aromatic rings. The van der Waals surface area contributed by atoms with Crippen LogP contribution in [-0.2, 0) is 9.47 Å². The van der Waals surface area contributed by atoms with Crippen molar-refractivity contribution in [1.82, 2.24) is 9.97 Å². The highest BCUT2D eigenvalue weighted by molar-refractivity contribution is 5.83. The zero-order valence-electron chi connectivity index (χ0n) is 9.56. The molecule has 0 atom stereocenters. The fourth-order valence-electron chi connectivity index (χ4n) is 1.06. The van der Waals surface area contributed by atoms with Gasteiger partial charge in [0.05, 0.1) is 6.61 Å². The van der Waals surface area contributed by atoms with E-state index in [1.54, 1.807) is 0 Å². The monoisotopic (exact) mass is 241 g/mol. The number of nitrogens with one attached hydrogen (secondary N) is 2. The van der Waals surface area contributed by atoms with Crippen molar-refractivity contribution in [3.05, 3.63) is 22.7 Å². The summed E-state index contributed by atoms with van der Waals surface area (Å²) >= 11 is 0. The van der Waals surface area contributed by atoms with E-state index >= 15 is 0 Å². The maximum absolute atomic E-state index is 11.2. The Morgan fingerprint density at radius 1 is 1.53 bits per heavy atom. The fourth-order valence-corrected chi connectivity index (χ4v) is 1.06. The lowest BCUT2D eigenvalue weighted by molar-refractivity contribution is 0.113. The zero-order valence-corrected chi connectivity index (χ0v) is 9.56. The van der Waals surface area contributed by atoms with Crippen molar-refractivity contribution in [2.24, 2.45) is 0 Å². The minimum absolute atomic E-state index is 0.250. The van der Waals surface area contributed by atoms with Gasteiger partial charge in [0.25, 0.3) is 0 Å². The maximum Gasteiger partial charge on any atom is 0.412 e. The number of ether oxygens (including phenoxy) is 2. The third-order valence-electron chi connectivity index (χ3n) is 1.78. The van der Waals surface area contributed by atoms with Crippen molar-refractivity contribution in [2.75, 3.05) is 25.1 Å². The summed E-state index contributed by atoms with van der Waals surface area (Å²) in [6.07, 6.45) is 1.31. The van der Waals surface area contributed by atoms with Crippen LogP contribution in [0.3, 0.4) is 0 Å². The minimum Gasteiger partial charge on any atom is -0.449 e. The first kappa shape index (κ1) is 13.2. The van der Waals surface area contributed by atoms with Gasteiger partial charge in [-0.3, -0.25) is 10.3 Å². The lowest BCUT2D eigenvalue weighted by Gasteiger charge is -2.06. The number of hydrogen-bond donors (Lipinski definition) is 2. The van der Waals surface area contributed by atoms with Crippen molar-refractivity contribution < 1.29 is 14.3 Å². The summed E-state index contributed by atoms with van der Waals surface area (Å²) in [4.78, 5) is 27.8. The normalized spacial score (nSPS) is 9.94. The molecule has 1 aromatic heterocycles. The van der Waals surface area contributed by atoms with E-state index in [2.05, 4.69) is 15.3 Å². The number of carbonyl (C=O) groups excluding carboxylic acids is 1. The van der Waals surface area contributed by atoms with Gasteiger partial charge < -0.3 is 9.47 Å². The molecular weight excluding hydrogens is 226 g/mol. The van der Waals surface area contributed by atoms with Crippen LogP contribution in [0.4, 0.5) is 10.6 Å². The highest BCUT2D eigenvalue weighted by atomic mass is 16.5. The Hall–Kier alpha value is -1.89. The molecule has 0 aliphatic carbocycles. The van der Waals surface area contributed by atoms with Gasteiger partial charge in [-0.25, -0.2) is 14.6 Å². The summed E-state index contributed by atoms with van der Waals surface area (Å²) in [6, 6.07) is 1.46. The van der Waals surface area contributed by atoms with Crippen molar-refractivity contribution in [2.45, 2.75) is 13.3 Å². The average molecular weight is 241 g/mol. The van der Waals surface area contributed by atoms with Crippen LogP contribution in [0.5, 0.6) is 0 Å². The number of anilines is 1. The Morgan fingerprint density at radius 2 is 2.35 bits per heavy atom. The van der Waals surface area contributed by atoms with E-state index in [9.17, 15) is 9.59 Å². The summed E-state index contributed by atoms with van der Waals surface area (Å²) in [5, 5.41) is 2.38. The van der Waals surface area contributed by atoms with Crippen LogP contribution in [0, 0.1) is 0 Å². The summed E-state index contributed by atoms with van der Waals surface area (Å²) in [6.45, 7) is 3.36. The summed E-state index contributed by atoms with van der Waals surface area (Å²) in [5.41, 5.74) is -0.529. The molecule has 0 saturated carbocycles. The number of aromatic nitrogens is 2. The van der Waals surface area contributed by atoms with E-state index in [0.717, 1.165) is 0 Å². The molecule has 7 nitrogen and oxygen atoms in total. The molecule has 0 aliphatic rings. The minimum atomic E-state index is -0.622. The van der Waals surface area contributed by atoms with Crippen molar-refractivity contribution in [3.8, 4) is 0 Å². The fraction of sp³-hybridized carbons (Fsp3) is 0.500. The van der Waals surface area contributed by atoms with Gasteiger partial charge in [0.1, 0.15) is 5.82 Å². The smallest absolute Gasteiger partial charge is 0.412 e. The van der Waals surface area contributed by atoms with Crippen molar-refractivity contribution in [3.63, 3.8) is 0 Å². The van der Waals surface area contributed by atoms with Crippen LogP contribution in [0.25, 0.3) is 0 Å². The van der Waals surface area contributed by atoms with Gasteiger partial charge in [-0.05, 0) is 13.0 Å². The Kier molecular flexibility index (Phi) is 5.73. The molecule has 0 aromatic carbocycles. The van der Waals surface area contributed by atoms with Crippen molar-refractivity contribution in [1.29, 1.82) is 0 Å². The maximum atomic E-state index is 11.2. The predicted molar refractivity (Wildman–Crippen MR) is 60.9 cm³/mol. The van der Waals surface area contributed by atoms with E-state index < -0.39 is 11.8 Å². The second kappa shape index (κ2) is 7.39. The van der Waals surface area contributed by atoms with E-state index in [1.807, 2.05) is 6.92 Å². The Morgan fingerprint density at radius 3 is 3.06 bits per heavy atom. The largest absolute Gasteiger partial charge is 0.449 e. The third-order valence-corrected chi connectivity index (χ3v) is 1.78. The van der Waals surface area contributed by atoms with E-state index in [0.29, 0.717) is 19.6 Å². The van der Waals surface area contributed by atoms with Gasteiger partial charge in [-0.1, -0.05) is 0 Å². The van der Waals surface area contributed by atoms with Crippen LogP contribution in [-0.4, -0.2) is 35.9 Å². The predicted octanol–water partition coefficient (Wildman–Crippen LogP) is 0.745. The van der Waals surface area contributed by atoms with Crippen LogP contribution < -0.4 is 11.0 Å². The van der Waals surface area contributed by atoms with Crippen LogP contribution >= 0.6 is 0 Å². The highest BCUT2D eigenvalue weighted by Crippen LogP contribution is 1.97. The molecule has 0 saturated heterocycles. The van der Waals surface area contributed by atoms with Crippen LogP contribution in [0.15, 0.2) is 17.1 Å². The molecule has 0 bridgehead atoms. The quantitative estimate of drug-likeness (QED) is 0.716. The van der Waals surface area contributed by atoms with Gasteiger partial charge in [0, 0.05) is 25.8 Å². The van der Waals surface area contributed by atoms with Gasteiger partial charge in [-0.15, -0.1) is 0 Å². The van der Waals surface area contributed by atoms with E-state index in [1.165, 1.54) is 12.3 Å². The van der Waals surface area contributed by atoms with Gasteiger partial charge >= 0.3 is 11.8 Å². The molecule has 0 radical (unpaired) electrons. The molecule has 7 heteroatoms. The van der Waals surface area contributed by atoms with Crippen LogP contribution in [0.2, 0.25) is 0 Å². The first-order valence-electron chi connectivity index (χ1n) is 5.29. The average Bonchev–Trinajstić information content (AvgIpc) is 2.29. The van der Waals surface area contributed by atoms with Gasteiger partial charge in [0.15, 0.2) is 0 Å². The molecule has 2 N–H and O–H groups in total. The lowest BCUT2D eigenvalue weighted by atomic mass is 10.5. The number of hydrogen-bond acceptors (Lipinski definition) is 5. The Bertz CT molecular complexity index is 405. The summed E-state index contributed by atoms with van der Waals surface area (Å²) < 4.78 is 9.94.